The molecule has 116 valence electrons. The highest BCUT2D eigenvalue weighted by Gasteiger charge is 2.33. The summed E-state index contributed by atoms with van der Waals surface area (Å²) in [7, 11) is 0. The number of carbonyl (C=O) groups is 1. The first-order valence-corrected chi connectivity index (χ1v) is 6.90. The Morgan fingerprint density at radius 1 is 1.43 bits per heavy atom. The first-order valence-electron chi connectivity index (χ1n) is 6.90. The second-order valence-corrected chi connectivity index (χ2v) is 4.86. The summed E-state index contributed by atoms with van der Waals surface area (Å²) in [5, 5.41) is 0. The lowest BCUT2D eigenvalue weighted by molar-refractivity contribution is -0.145. The zero-order valence-corrected chi connectivity index (χ0v) is 11.7. The Balaban J connectivity index is 2.19. The summed E-state index contributed by atoms with van der Waals surface area (Å²) in [5.74, 6) is 0.0275. The smallest absolute Gasteiger partial charge is 0.417 e. The van der Waals surface area contributed by atoms with Crippen LogP contribution >= 0.6 is 0 Å². The monoisotopic (exact) mass is 302 g/mol. The van der Waals surface area contributed by atoms with Gasteiger partial charge in [-0.2, -0.15) is 13.2 Å². The normalized spacial score (nSPS) is 19.4. The summed E-state index contributed by atoms with van der Waals surface area (Å²) in [6.07, 6.45) is -1.22. The van der Waals surface area contributed by atoms with E-state index in [0.717, 1.165) is 25.1 Å². The molecule has 0 amide bonds. The lowest BCUT2D eigenvalue weighted by atomic mass is 10.0. The maximum atomic E-state index is 12.5. The predicted molar refractivity (Wildman–Crippen MR) is 70.9 cm³/mol. The molecule has 1 fully saturated rings. The molecule has 0 aromatic carbocycles. The fraction of sp³-hybridized carbons (Fsp3) is 0.571. The van der Waals surface area contributed by atoms with E-state index in [4.69, 9.17) is 4.74 Å². The van der Waals surface area contributed by atoms with E-state index in [9.17, 15) is 18.0 Å². The zero-order valence-electron chi connectivity index (χ0n) is 11.7. The number of ether oxygens (including phenoxy) is 1. The van der Waals surface area contributed by atoms with Crippen LogP contribution in [0, 0.1) is 0 Å². The van der Waals surface area contributed by atoms with E-state index in [1.54, 1.807) is 11.8 Å². The number of hydrogen-bond donors (Lipinski definition) is 0. The molecule has 1 aromatic heterocycles. The number of pyridine rings is 1. The Morgan fingerprint density at radius 2 is 2.19 bits per heavy atom. The minimum Gasteiger partial charge on any atom is -0.464 e. The van der Waals surface area contributed by atoms with Crippen LogP contribution in [0.5, 0.6) is 0 Å². The van der Waals surface area contributed by atoms with Crippen molar-refractivity contribution in [2.75, 3.05) is 18.1 Å². The van der Waals surface area contributed by atoms with Crippen LogP contribution in [0.15, 0.2) is 18.3 Å². The zero-order chi connectivity index (χ0) is 15.5. The third kappa shape index (κ3) is 3.65. The Kier molecular flexibility index (Phi) is 4.69. The summed E-state index contributed by atoms with van der Waals surface area (Å²) in [4.78, 5) is 17.5. The Bertz CT molecular complexity index is 488. The van der Waals surface area contributed by atoms with Crippen LogP contribution in [0.4, 0.5) is 19.0 Å². The van der Waals surface area contributed by atoms with Gasteiger partial charge in [-0.25, -0.2) is 9.78 Å². The van der Waals surface area contributed by atoms with Crippen molar-refractivity contribution in [3.63, 3.8) is 0 Å². The molecule has 0 aliphatic carbocycles. The number of piperidine rings is 1. The highest BCUT2D eigenvalue weighted by atomic mass is 19.4. The fourth-order valence-corrected chi connectivity index (χ4v) is 2.41. The molecule has 2 heterocycles. The molecule has 1 aliphatic rings. The van der Waals surface area contributed by atoms with E-state index in [2.05, 4.69) is 4.98 Å². The van der Waals surface area contributed by atoms with Crippen LogP contribution in [0.1, 0.15) is 31.7 Å². The van der Waals surface area contributed by atoms with Crippen molar-refractivity contribution in [3.05, 3.63) is 23.9 Å². The molecule has 1 aromatic rings. The van der Waals surface area contributed by atoms with E-state index >= 15 is 0 Å². The van der Waals surface area contributed by atoms with Crippen LogP contribution in [0.2, 0.25) is 0 Å². The predicted octanol–water partition coefficient (Wildman–Crippen LogP) is 3.02. The molecular formula is C14H17F3N2O2. The lowest BCUT2D eigenvalue weighted by Gasteiger charge is -2.34. The molecule has 1 unspecified atom stereocenters. The van der Waals surface area contributed by atoms with Gasteiger partial charge in [0.1, 0.15) is 11.9 Å². The molecule has 1 aliphatic heterocycles. The van der Waals surface area contributed by atoms with Crippen molar-refractivity contribution in [1.29, 1.82) is 0 Å². The van der Waals surface area contributed by atoms with E-state index in [-0.39, 0.29) is 12.6 Å². The minimum atomic E-state index is -4.41. The topological polar surface area (TPSA) is 42.4 Å². The van der Waals surface area contributed by atoms with Crippen molar-refractivity contribution < 1.29 is 22.7 Å². The molecule has 0 radical (unpaired) electrons. The van der Waals surface area contributed by atoms with Crippen molar-refractivity contribution in [2.45, 2.75) is 38.4 Å². The lowest BCUT2D eigenvalue weighted by Crippen LogP contribution is -2.46. The molecule has 21 heavy (non-hydrogen) atoms. The molecule has 0 bridgehead atoms. The van der Waals surface area contributed by atoms with Crippen LogP contribution in [-0.2, 0) is 15.7 Å². The summed E-state index contributed by atoms with van der Waals surface area (Å²) in [6, 6.07) is 1.82. The Morgan fingerprint density at radius 3 is 2.76 bits per heavy atom. The van der Waals surface area contributed by atoms with Crippen LogP contribution in [0.25, 0.3) is 0 Å². The average Bonchev–Trinajstić information content (AvgIpc) is 2.47. The summed E-state index contributed by atoms with van der Waals surface area (Å²) >= 11 is 0. The van der Waals surface area contributed by atoms with Crippen LogP contribution < -0.4 is 4.90 Å². The van der Waals surface area contributed by atoms with Crippen molar-refractivity contribution >= 4 is 11.8 Å². The van der Waals surface area contributed by atoms with Gasteiger partial charge >= 0.3 is 12.1 Å². The maximum absolute atomic E-state index is 12.5. The number of nitrogens with zero attached hydrogens (tertiary/aromatic N) is 2. The molecule has 1 saturated heterocycles. The molecule has 0 spiro atoms. The standard InChI is InChI=1S/C14H17F3N2O2/c1-2-21-13(20)11-5-3-4-8-19(11)12-7-6-10(9-18-12)14(15,16)17/h6-7,9,11H,2-5,8H2,1H3. The number of anilines is 1. The third-order valence-electron chi connectivity index (χ3n) is 3.43. The van der Waals surface area contributed by atoms with Crippen LogP contribution in [-0.4, -0.2) is 30.1 Å². The van der Waals surface area contributed by atoms with Gasteiger partial charge in [-0.15, -0.1) is 0 Å². The van der Waals surface area contributed by atoms with Crippen molar-refractivity contribution in [3.8, 4) is 0 Å². The maximum Gasteiger partial charge on any atom is 0.417 e. The molecule has 0 saturated carbocycles. The number of carbonyl (C=O) groups excluding carboxylic acids is 1. The number of halogens is 3. The number of alkyl halides is 3. The molecular weight excluding hydrogens is 285 g/mol. The van der Waals surface area contributed by atoms with Gasteiger partial charge in [0, 0.05) is 12.7 Å². The van der Waals surface area contributed by atoms with Gasteiger partial charge in [0.25, 0.3) is 0 Å². The summed E-state index contributed by atoms with van der Waals surface area (Å²) in [5.41, 5.74) is -0.795. The Hall–Kier alpha value is -1.79. The van der Waals surface area contributed by atoms with E-state index < -0.39 is 17.8 Å². The van der Waals surface area contributed by atoms with Gasteiger partial charge in [-0.3, -0.25) is 0 Å². The van der Waals surface area contributed by atoms with Gasteiger partial charge in [-0.1, -0.05) is 0 Å². The van der Waals surface area contributed by atoms with E-state index in [1.807, 2.05) is 0 Å². The first kappa shape index (κ1) is 15.6. The molecule has 7 heteroatoms. The molecule has 4 nitrogen and oxygen atoms in total. The minimum absolute atomic E-state index is 0.281. The van der Waals surface area contributed by atoms with Gasteiger partial charge in [0.15, 0.2) is 0 Å². The highest BCUT2D eigenvalue weighted by Crippen LogP contribution is 2.30. The summed E-state index contributed by atoms with van der Waals surface area (Å²) in [6.45, 7) is 2.59. The van der Waals surface area contributed by atoms with Gasteiger partial charge in [-0.05, 0) is 38.3 Å². The van der Waals surface area contributed by atoms with Crippen LogP contribution in [0.3, 0.4) is 0 Å². The van der Waals surface area contributed by atoms with Crippen molar-refractivity contribution in [2.24, 2.45) is 0 Å². The second kappa shape index (κ2) is 6.32. The quantitative estimate of drug-likeness (QED) is 0.805. The molecule has 0 N–H and O–H groups in total. The van der Waals surface area contributed by atoms with E-state index in [1.165, 1.54) is 6.07 Å². The SMILES string of the molecule is CCOC(=O)C1CCCCN1c1ccc(C(F)(F)F)cn1. The number of rotatable bonds is 3. The number of aromatic nitrogens is 1. The van der Waals surface area contributed by atoms with E-state index in [0.29, 0.717) is 18.8 Å². The highest BCUT2D eigenvalue weighted by molar-refractivity contribution is 5.80. The van der Waals surface area contributed by atoms with Gasteiger partial charge in [0.05, 0.1) is 12.2 Å². The molecule has 1 atom stereocenters. The summed E-state index contributed by atoms with van der Waals surface area (Å²) < 4.78 is 42.6. The van der Waals surface area contributed by atoms with Gasteiger partial charge in [0.2, 0.25) is 0 Å². The fourth-order valence-electron chi connectivity index (χ4n) is 2.41. The number of hydrogen-bond acceptors (Lipinski definition) is 4. The third-order valence-corrected chi connectivity index (χ3v) is 3.43. The second-order valence-electron chi connectivity index (χ2n) is 4.86. The van der Waals surface area contributed by atoms with Gasteiger partial charge < -0.3 is 9.64 Å². The average molecular weight is 302 g/mol. The van der Waals surface area contributed by atoms with Crippen molar-refractivity contribution in [1.82, 2.24) is 4.98 Å². The molecule has 2 rings (SSSR count). The Labute approximate surface area is 120 Å². The number of esters is 1. The first-order chi connectivity index (χ1) is 9.93. The largest absolute Gasteiger partial charge is 0.464 e.